The van der Waals surface area contributed by atoms with Crippen LogP contribution in [0.4, 0.5) is 14.5 Å². The highest BCUT2D eigenvalue weighted by molar-refractivity contribution is 7.89. The standard InChI is InChI=1S/C34H37ClF2N4O4S.C2H6/c1-45-27-12-14-28(15-13-27)46(43,44)41-18-17-39-21-26(41)11-16-29-30(37)9-4-10-31(29)40-34(42)33(38)32(22-5-2-7-24(35)19-22)23-6-3-8-25(36)20-23;1-2/h2,4-7,9-10,12-15,19-20,26,32-33,39H,3,8,11,16-18,21,38H2,1H3,(H,40,42);1-2H3/t26-,32-,33-;/m0./s1. The molecule has 1 saturated heterocycles. The van der Waals surface area contributed by atoms with E-state index in [0.29, 0.717) is 47.8 Å². The van der Waals surface area contributed by atoms with Gasteiger partial charge in [-0.05, 0) is 85.0 Å². The molecule has 0 spiro atoms. The van der Waals surface area contributed by atoms with Crippen LogP contribution >= 0.6 is 11.6 Å². The molecule has 1 amide bonds. The van der Waals surface area contributed by atoms with Gasteiger partial charge in [-0.25, -0.2) is 17.2 Å². The predicted molar refractivity (Wildman–Crippen MR) is 187 cm³/mol. The van der Waals surface area contributed by atoms with Crippen LogP contribution in [0.1, 0.15) is 50.2 Å². The van der Waals surface area contributed by atoms with Crippen molar-refractivity contribution in [2.24, 2.45) is 5.73 Å². The normalized spacial score (nSPS) is 18.0. The Morgan fingerprint density at radius 1 is 1.12 bits per heavy atom. The van der Waals surface area contributed by atoms with E-state index in [-0.39, 0.29) is 41.4 Å². The second kappa shape index (κ2) is 17.2. The van der Waals surface area contributed by atoms with Crippen molar-refractivity contribution in [3.63, 3.8) is 0 Å². The summed E-state index contributed by atoms with van der Waals surface area (Å²) in [4.78, 5) is 13.8. The molecule has 3 atom stereocenters. The zero-order chi connectivity index (χ0) is 34.8. The van der Waals surface area contributed by atoms with Crippen LogP contribution in [0, 0.1) is 5.82 Å². The van der Waals surface area contributed by atoms with E-state index < -0.39 is 39.7 Å². The molecule has 0 radical (unpaired) electrons. The second-order valence-electron chi connectivity index (χ2n) is 11.3. The van der Waals surface area contributed by atoms with E-state index in [4.69, 9.17) is 22.1 Å². The zero-order valence-electron chi connectivity index (χ0n) is 27.4. The van der Waals surface area contributed by atoms with E-state index in [1.165, 1.54) is 41.8 Å². The minimum Gasteiger partial charge on any atom is -0.497 e. The molecule has 1 heterocycles. The molecular weight excluding hydrogens is 658 g/mol. The third kappa shape index (κ3) is 8.89. The Labute approximate surface area is 287 Å². The molecule has 5 rings (SSSR count). The van der Waals surface area contributed by atoms with Gasteiger partial charge in [0.1, 0.15) is 17.4 Å². The second-order valence-corrected chi connectivity index (χ2v) is 13.7. The monoisotopic (exact) mass is 700 g/mol. The van der Waals surface area contributed by atoms with Crippen molar-refractivity contribution in [2.75, 3.05) is 32.1 Å². The quantitative estimate of drug-likeness (QED) is 0.204. The SMILES string of the molecule is CC.COc1ccc(S(=O)(=O)N2CCNC[C@@H]2CCc2c(F)cccc2NC(=O)[C@@H](N)[C@H](C2=CCCC(F)=C2)c2cccc(Cl)c2)cc1. The lowest BCUT2D eigenvalue weighted by molar-refractivity contribution is -0.117. The van der Waals surface area contributed by atoms with Gasteiger partial charge in [-0.2, -0.15) is 4.31 Å². The molecule has 4 N–H and O–H groups in total. The van der Waals surface area contributed by atoms with Crippen LogP contribution in [-0.2, 0) is 21.2 Å². The molecule has 48 heavy (non-hydrogen) atoms. The molecule has 1 aliphatic heterocycles. The summed E-state index contributed by atoms with van der Waals surface area (Å²) in [7, 11) is -2.33. The summed E-state index contributed by atoms with van der Waals surface area (Å²) in [5.74, 6) is -1.58. The number of rotatable bonds is 11. The van der Waals surface area contributed by atoms with Crippen LogP contribution in [0.2, 0.25) is 5.02 Å². The van der Waals surface area contributed by atoms with Crippen molar-refractivity contribution in [2.45, 2.75) is 62.4 Å². The maximum atomic E-state index is 15.3. The van der Waals surface area contributed by atoms with Crippen molar-refractivity contribution in [3.8, 4) is 5.75 Å². The van der Waals surface area contributed by atoms with Gasteiger partial charge in [-0.3, -0.25) is 4.79 Å². The van der Waals surface area contributed by atoms with E-state index in [1.54, 1.807) is 42.5 Å². The fraction of sp³-hybridized carbons (Fsp3) is 0.361. The summed E-state index contributed by atoms with van der Waals surface area (Å²) in [5.41, 5.74) is 8.24. The van der Waals surface area contributed by atoms with E-state index >= 15 is 4.39 Å². The van der Waals surface area contributed by atoms with Gasteiger partial charge >= 0.3 is 0 Å². The number of benzene rings is 3. The van der Waals surface area contributed by atoms with Crippen molar-refractivity contribution >= 4 is 33.2 Å². The van der Waals surface area contributed by atoms with E-state index in [9.17, 15) is 17.6 Å². The molecule has 3 aromatic carbocycles. The van der Waals surface area contributed by atoms with Gasteiger partial charge in [0.2, 0.25) is 15.9 Å². The first-order chi connectivity index (χ1) is 23.1. The molecule has 8 nitrogen and oxygen atoms in total. The molecule has 3 aromatic rings. The van der Waals surface area contributed by atoms with Crippen LogP contribution in [-0.4, -0.2) is 57.5 Å². The highest BCUT2D eigenvalue weighted by atomic mass is 35.5. The summed E-state index contributed by atoms with van der Waals surface area (Å²) in [5, 5.41) is 6.48. The molecule has 0 saturated carbocycles. The van der Waals surface area contributed by atoms with Gasteiger partial charge in [0.15, 0.2) is 0 Å². The van der Waals surface area contributed by atoms with Crippen LogP contribution in [0.3, 0.4) is 0 Å². The number of halogens is 3. The summed E-state index contributed by atoms with van der Waals surface area (Å²) >= 11 is 6.25. The average Bonchev–Trinajstić information content (AvgIpc) is 3.09. The minimum absolute atomic E-state index is 0.144. The number of ether oxygens (including phenoxy) is 1. The third-order valence-corrected chi connectivity index (χ3v) is 10.6. The molecule has 0 unspecified atom stereocenters. The molecular formula is C36H43ClF2N4O4S. The Balaban J connectivity index is 0.00000255. The molecule has 0 aromatic heterocycles. The van der Waals surface area contributed by atoms with Crippen molar-refractivity contribution in [1.82, 2.24) is 9.62 Å². The lowest BCUT2D eigenvalue weighted by atomic mass is 9.82. The minimum atomic E-state index is -3.83. The maximum absolute atomic E-state index is 15.3. The van der Waals surface area contributed by atoms with Gasteiger partial charge in [-0.1, -0.05) is 49.7 Å². The number of methoxy groups -OCH3 is 1. The Morgan fingerprint density at radius 2 is 1.85 bits per heavy atom. The number of carbonyl (C=O) groups excluding carboxylic acids is 1. The number of nitrogens with two attached hydrogens (primary N) is 1. The number of nitrogens with zero attached hydrogens (tertiary/aromatic N) is 1. The number of anilines is 1. The van der Waals surface area contributed by atoms with E-state index in [0.717, 1.165) is 0 Å². The lowest BCUT2D eigenvalue weighted by Gasteiger charge is -2.35. The number of sulfonamides is 1. The number of amides is 1. The van der Waals surface area contributed by atoms with Crippen LogP contribution in [0.5, 0.6) is 5.75 Å². The van der Waals surface area contributed by atoms with Crippen molar-refractivity contribution in [3.05, 3.63) is 112 Å². The van der Waals surface area contributed by atoms with Crippen LogP contribution < -0.4 is 21.1 Å². The van der Waals surface area contributed by atoms with Gasteiger partial charge in [-0.15, -0.1) is 0 Å². The number of carbonyl (C=O) groups is 1. The Kier molecular flexibility index (Phi) is 13.3. The summed E-state index contributed by atoms with van der Waals surface area (Å²) < 4.78 is 63.4. The average molecular weight is 701 g/mol. The number of nitrogens with one attached hydrogen (secondary N) is 2. The molecule has 1 fully saturated rings. The highest BCUT2D eigenvalue weighted by Crippen LogP contribution is 2.35. The lowest BCUT2D eigenvalue weighted by Crippen LogP contribution is -2.53. The summed E-state index contributed by atoms with van der Waals surface area (Å²) in [6.45, 7) is 5.12. The first-order valence-electron chi connectivity index (χ1n) is 16.1. The molecule has 0 bridgehead atoms. The largest absolute Gasteiger partial charge is 0.497 e. The predicted octanol–water partition coefficient (Wildman–Crippen LogP) is 6.73. The zero-order valence-corrected chi connectivity index (χ0v) is 29.0. The van der Waals surface area contributed by atoms with E-state index in [1.807, 2.05) is 19.9 Å². The Bertz CT molecular complexity index is 1730. The number of hydrogen-bond acceptors (Lipinski definition) is 6. The summed E-state index contributed by atoms with van der Waals surface area (Å²) in [6.07, 6.45) is 4.45. The Morgan fingerprint density at radius 3 is 2.54 bits per heavy atom. The van der Waals surface area contributed by atoms with Gasteiger partial charge in [0, 0.05) is 54.3 Å². The van der Waals surface area contributed by atoms with Crippen molar-refractivity contribution < 1.29 is 26.7 Å². The first kappa shape index (κ1) is 37.2. The van der Waals surface area contributed by atoms with Crippen LogP contribution in [0.25, 0.3) is 0 Å². The highest BCUT2D eigenvalue weighted by Gasteiger charge is 2.34. The number of hydrogen-bond donors (Lipinski definition) is 3. The smallest absolute Gasteiger partial charge is 0.243 e. The fourth-order valence-corrected chi connectivity index (χ4v) is 7.86. The number of piperazine rings is 1. The van der Waals surface area contributed by atoms with Gasteiger partial charge in [0.05, 0.1) is 18.0 Å². The van der Waals surface area contributed by atoms with Gasteiger partial charge in [0.25, 0.3) is 0 Å². The Hall–Kier alpha value is -3.61. The molecule has 12 heteroatoms. The molecule has 2 aliphatic rings. The van der Waals surface area contributed by atoms with Crippen LogP contribution in [0.15, 0.2) is 95.2 Å². The summed E-state index contributed by atoms with van der Waals surface area (Å²) in [6, 6.07) is 15.9. The molecule has 1 aliphatic carbocycles. The maximum Gasteiger partial charge on any atom is 0.243 e. The van der Waals surface area contributed by atoms with Gasteiger partial charge < -0.3 is 21.1 Å². The topological polar surface area (TPSA) is 114 Å². The number of allylic oxidation sites excluding steroid dienone is 3. The fourth-order valence-electron chi connectivity index (χ4n) is 6.01. The molecule has 258 valence electrons. The third-order valence-electron chi connectivity index (χ3n) is 8.38. The first-order valence-corrected chi connectivity index (χ1v) is 17.9. The van der Waals surface area contributed by atoms with E-state index in [2.05, 4.69) is 10.6 Å². The van der Waals surface area contributed by atoms with Crippen molar-refractivity contribution in [1.29, 1.82) is 0 Å².